The minimum absolute atomic E-state index is 0.497. The van der Waals surface area contributed by atoms with E-state index < -0.39 is 0 Å². The van der Waals surface area contributed by atoms with E-state index >= 15 is 0 Å². The van der Waals surface area contributed by atoms with Crippen LogP contribution in [0.15, 0.2) is 12.3 Å². The molecular weight excluding hydrogens is 186 g/mol. The third kappa shape index (κ3) is 2.33. The number of anilines is 1. The largest absolute Gasteiger partial charge is 0.384 e. The van der Waals surface area contributed by atoms with Crippen molar-refractivity contribution in [3.8, 4) is 0 Å². The Morgan fingerprint density at radius 2 is 2.20 bits per heavy atom. The summed E-state index contributed by atoms with van der Waals surface area (Å²) in [5.41, 5.74) is 6.39. The summed E-state index contributed by atoms with van der Waals surface area (Å²) in [7, 11) is 0. The van der Waals surface area contributed by atoms with Crippen molar-refractivity contribution in [1.82, 2.24) is 9.78 Å². The fraction of sp³-hybridized carbons (Fsp3) is 0.750. The van der Waals surface area contributed by atoms with Crippen LogP contribution in [0.5, 0.6) is 0 Å². The smallest absolute Gasteiger partial charge is 0.121 e. The molecule has 0 aromatic carbocycles. The van der Waals surface area contributed by atoms with Gasteiger partial charge in [-0.05, 0) is 37.2 Å². The van der Waals surface area contributed by atoms with Gasteiger partial charge in [-0.2, -0.15) is 5.10 Å². The van der Waals surface area contributed by atoms with E-state index in [2.05, 4.69) is 18.9 Å². The Labute approximate surface area is 91.7 Å². The molecule has 2 rings (SSSR count). The van der Waals surface area contributed by atoms with E-state index in [9.17, 15) is 0 Å². The molecule has 2 N–H and O–H groups in total. The van der Waals surface area contributed by atoms with Gasteiger partial charge in [-0.3, -0.25) is 0 Å². The molecule has 0 saturated heterocycles. The van der Waals surface area contributed by atoms with Crippen LogP contribution in [0.4, 0.5) is 5.82 Å². The highest BCUT2D eigenvalue weighted by Crippen LogP contribution is 2.38. The lowest BCUT2D eigenvalue weighted by atomic mass is 9.85. The summed E-state index contributed by atoms with van der Waals surface area (Å²) >= 11 is 0. The summed E-state index contributed by atoms with van der Waals surface area (Å²) in [6, 6.07) is 2.40. The van der Waals surface area contributed by atoms with E-state index in [1.165, 1.54) is 32.1 Å². The molecule has 0 spiro atoms. The Hall–Kier alpha value is -0.990. The molecule has 1 heterocycles. The molecule has 1 fully saturated rings. The summed E-state index contributed by atoms with van der Waals surface area (Å²) < 4.78 is 2.00. The van der Waals surface area contributed by atoms with Crippen LogP contribution in [0.25, 0.3) is 0 Å². The SMILES string of the molecule is CC1(C)CCCC(n2nccc2N)CC1. The zero-order valence-corrected chi connectivity index (χ0v) is 9.74. The van der Waals surface area contributed by atoms with Crippen LogP contribution in [0.2, 0.25) is 0 Å². The van der Waals surface area contributed by atoms with Gasteiger partial charge in [0.2, 0.25) is 0 Å². The molecule has 0 aliphatic heterocycles. The van der Waals surface area contributed by atoms with Crippen molar-refractivity contribution in [1.29, 1.82) is 0 Å². The van der Waals surface area contributed by atoms with Crippen molar-refractivity contribution in [2.75, 3.05) is 5.73 Å². The van der Waals surface area contributed by atoms with Crippen molar-refractivity contribution in [2.45, 2.75) is 52.0 Å². The molecular formula is C12H21N3. The van der Waals surface area contributed by atoms with Gasteiger partial charge in [0.05, 0.1) is 12.2 Å². The molecule has 1 atom stereocenters. The highest BCUT2D eigenvalue weighted by Gasteiger charge is 2.25. The minimum Gasteiger partial charge on any atom is -0.384 e. The standard InChI is InChI=1S/C12H21N3/c1-12(2)7-3-4-10(5-8-12)15-11(13)6-9-14-15/h6,9-10H,3-5,7-8,13H2,1-2H3. The van der Waals surface area contributed by atoms with Crippen LogP contribution in [0, 0.1) is 5.41 Å². The lowest BCUT2D eigenvalue weighted by Crippen LogP contribution is -2.13. The number of nitrogen functional groups attached to an aromatic ring is 1. The van der Waals surface area contributed by atoms with Gasteiger partial charge in [0.15, 0.2) is 0 Å². The predicted molar refractivity (Wildman–Crippen MR) is 62.5 cm³/mol. The van der Waals surface area contributed by atoms with Crippen LogP contribution >= 0.6 is 0 Å². The molecule has 3 nitrogen and oxygen atoms in total. The number of aromatic nitrogens is 2. The third-order valence-electron chi connectivity index (χ3n) is 3.59. The van der Waals surface area contributed by atoms with E-state index in [1.54, 1.807) is 6.20 Å². The second-order valence-corrected chi connectivity index (χ2v) is 5.45. The highest BCUT2D eigenvalue weighted by molar-refractivity contribution is 5.26. The van der Waals surface area contributed by atoms with Crippen molar-refractivity contribution in [3.05, 3.63) is 12.3 Å². The molecule has 15 heavy (non-hydrogen) atoms. The molecule has 0 bridgehead atoms. The number of rotatable bonds is 1. The van der Waals surface area contributed by atoms with E-state index in [-0.39, 0.29) is 0 Å². The van der Waals surface area contributed by atoms with Gasteiger partial charge in [-0.1, -0.05) is 20.3 Å². The Morgan fingerprint density at radius 1 is 1.40 bits per heavy atom. The maximum atomic E-state index is 5.89. The number of nitrogens with two attached hydrogens (primary N) is 1. The first-order valence-corrected chi connectivity index (χ1v) is 5.87. The fourth-order valence-corrected chi connectivity index (χ4v) is 2.52. The molecule has 1 aromatic heterocycles. The summed E-state index contributed by atoms with van der Waals surface area (Å²) in [5, 5.41) is 4.32. The van der Waals surface area contributed by atoms with Crippen molar-refractivity contribution in [2.24, 2.45) is 5.41 Å². The molecule has 84 valence electrons. The highest BCUT2D eigenvalue weighted by atomic mass is 15.3. The van der Waals surface area contributed by atoms with Crippen molar-refractivity contribution < 1.29 is 0 Å². The second-order valence-electron chi connectivity index (χ2n) is 5.45. The average Bonchev–Trinajstić information content (AvgIpc) is 2.49. The normalized spacial score (nSPS) is 26.1. The van der Waals surface area contributed by atoms with Gasteiger partial charge in [0.1, 0.15) is 5.82 Å². The van der Waals surface area contributed by atoms with Crippen LogP contribution in [0.1, 0.15) is 52.0 Å². The maximum absolute atomic E-state index is 5.89. The number of hydrogen-bond donors (Lipinski definition) is 1. The third-order valence-corrected chi connectivity index (χ3v) is 3.59. The van der Waals surface area contributed by atoms with Crippen molar-refractivity contribution >= 4 is 5.82 Å². The quantitative estimate of drug-likeness (QED) is 0.719. The molecule has 3 heteroatoms. The summed E-state index contributed by atoms with van der Waals surface area (Å²) in [5.74, 6) is 0.805. The molecule has 1 aliphatic carbocycles. The first-order chi connectivity index (χ1) is 7.08. The van der Waals surface area contributed by atoms with Crippen LogP contribution in [-0.4, -0.2) is 9.78 Å². The average molecular weight is 207 g/mol. The number of nitrogens with zero attached hydrogens (tertiary/aromatic N) is 2. The second kappa shape index (κ2) is 3.87. The van der Waals surface area contributed by atoms with Gasteiger partial charge in [-0.25, -0.2) is 4.68 Å². The molecule has 1 unspecified atom stereocenters. The maximum Gasteiger partial charge on any atom is 0.121 e. The lowest BCUT2D eigenvalue weighted by molar-refractivity contribution is 0.305. The summed E-state index contributed by atoms with van der Waals surface area (Å²) in [4.78, 5) is 0. The topological polar surface area (TPSA) is 43.8 Å². The monoisotopic (exact) mass is 207 g/mol. The Balaban J connectivity index is 2.09. The zero-order chi connectivity index (χ0) is 10.9. The minimum atomic E-state index is 0.497. The van der Waals surface area contributed by atoms with Crippen LogP contribution in [0.3, 0.4) is 0 Å². The van der Waals surface area contributed by atoms with Gasteiger partial charge in [0.25, 0.3) is 0 Å². The molecule has 1 saturated carbocycles. The van der Waals surface area contributed by atoms with Crippen LogP contribution in [-0.2, 0) is 0 Å². The number of hydrogen-bond acceptors (Lipinski definition) is 2. The predicted octanol–water partition coefficient (Wildman–Crippen LogP) is 3.00. The Bertz CT molecular complexity index is 327. The van der Waals surface area contributed by atoms with Gasteiger partial charge >= 0.3 is 0 Å². The fourth-order valence-electron chi connectivity index (χ4n) is 2.52. The molecule has 0 radical (unpaired) electrons. The molecule has 0 amide bonds. The van der Waals surface area contributed by atoms with E-state index in [0.717, 1.165) is 5.82 Å². The Kier molecular flexibility index (Phi) is 2.72. The summed E-state index contributed by atoms with van der Waals surface area (Å²) in [6.45, 7) is 4.73. The first kappa shape index (κ1) is 10.5. The van der Waals surface area contributed by atoms with E-state index in [1.807, 2.05) is 10.7 Å². The zero-order valence-electron chi connectivity index (χ0n) is 9.74. The van der Waals surface area contributed by atoms with Gasteiger partial charge in [0, 0.05) is 0 Å². The van der Waals surface area contributed by atoms with Gasteiger partial charge in [-0.15, -0.1) is 0 Å². The lowest BCUT2D eigenvalue weighted by Gasteiger charge is -2.22. The first-order valence-electron chi connectivity index (χ1n) is 5.87. The van der Waals surface area contributed by atoms with E-state index in [4.69, 9.17) is 5.73 Å². The summed E-state index contributed by atoms with van der Waals surface area (Å²) in [6.07, 6.45) is 8.11. The molecule has 1 aliphatic rings. The molecule has 1 aromatic rings. The van der Waals surface area contributed by atoms with Crippen molar-refractivity contribution in [3.63, 3.8) is 0 Å². The van der Waals surface area contributed by atoms with Gasteiger partial charge < -0.3 is 5.73 Å². The van der Waals surface area contributed by atoms with E-state index in [0.29, 0.717) is 11.5 Å². The Morgan fingerprint density at radius 3 is 2.87 bits per heavy atom. The van der Waals surface area contributed by atoms with Crippen LogP contribution < -0.4 is 5.73 Å².